The number of hydrogen-bond donors (Lipinski definition) is 2. The predicted octanol–water partition coefficient (Wildman–Crippen LogP) is 4.77. The van der Waals surface area contributed by atoms with Crippen LogP contribution in [0.2, 0.25) is 0 Å². The van der Waals surface area contributed by atoms with Crippen molar-refractivity contribution >= 4 is 38.4 Å². The first kappa shape index (κ1) is 19.9. The topological polar surface area (TPSA) is 65.2 Å². The van der Waals surface area contributed by atoms with Crippen molar-refractivity contribution in [2.75, 3.05) is 25.0 Å². The number of H-pyrrole nitrogens is 1. The molecule has 0 spiro atoms. The van der Waals surface area contributed by atoms with E-state index in [1.54, 1.807) is 0 Å². The number of aromatic amines is 1. The van der Waals surface area contributed by atoms with E-state index in [0.29, 0.717) is 12.1 Å². The number of carbonyl (C=O) groups excluding carboxylic acids is 1. The summed E-state index contributed by atoms with van der Waals surface area (Å²) in [6, 6.07) is 15.4. The number of carbonyl (C=O) groups is 1. The van der Waals surface area contributed by atoms with Crippen LogP contribution >= 0.6 is 15.9 Å². The summed E-state index contributed by atoms with van der Waals surface area (Å²) in [5.74, 6) is -0.132. The lowest BCUT2D eigenvalue weighted by Crippen LogP contribution is -2.33. The Bertz CT molecular complexity index is 1070. The van der Waals surface area contributed by atoms with Crippen molar-refractivity contribution in [1.82, 2.24) is 9.88 Å². The fourth-order valence-corrected chi connectivity index (χ4v) is 4.29. The van der Waals surface area contributed by atoms with Gasteiger partial charge in [0.1, 0.15) is 5.69 Å². The molecule has 1 aromatic heterocycles. The highest BCUT2D eigenvalue weighted by Gasteiger charge is 2.18. The third kappa shape index (κ3) is 4.60. The van der Waals surface area contributed by atoms with Crippen molar-refractivity contribution in [2.45, 2.75) is 25.7 Å². The summed E-state index contributed by atoms with van der Waals surface area (Å²) < 4.78 is 0.914. The molecule has 3 aromatic rings. The molecule has 0 unspecified atom stereocenters. The van der Waals surface area contributed by atoms with E-state index >= 15 is 0 Å². The van der Waals surface area contributed by atoms with Crippen molar-refractivity contribution in [2.24, 2.45) is 0 Å². The van der Waals surface area contributed by atoms with Gasteiger partial charge in [0.25, 0.3) is 5.56 Å². The number of piperidine rings is 1. The number of halogens is 1. The van der Waals surface area contributed by atoms with Crippen molar-refractivity contribution < 1.29 is 4.79 Å². The van der Waals surface area contributed by atoms with Gasteiger partial charge in [0.2, 0.25) is 5.91 Å². The maximum atomic E-state index is 12.9. The van der Waals surface area contributed by atoms with Crippen LogP contribution in [0, 0.1) is 0 Å². The maximum absolute atomic E-state index is 12.9. The first-order chi connectivity index (χ1) is 14.1. The summed E-state index contributed by atoms with van der Waals surface area (Å²) in [4.78, 5) is 30.8. The van der Waals surface area contributed by atoms with E-state index in [0.717, 1.165) is 46.1 Å². The lowest BCUT2D eigenvalue weighted by molar-refractivity contribution is -0.116. The Morgan fingerprint density at radius 2 is 1.83 bits per heavy atom. The zero-order valence-electron chi connectivity index (χ0n) is 16.2. The number of benzene rings is 2. The van der Waals surface area contributed by atoms with Crippen molar-refractivity contribution in [1.29, 1.82) is 0 Å². The number of hydrogen-bond acceptors (Lipinski definition) is 3. The molecule has 0 radical (unpaired) electrons. The van der Waals surface area contributed by atoms with Crippen LogP contribution in [0.3, 0.4) is 0 Å². The van der Waals surface area contributed by atoms with Gasteiger partial charge in [-0.05, 0) is 49.7 Å². The van der Waals surface area contributed by atoms with Crippen LogP contribution in [-0.4, -0.2) is 35.4 Å². The highest BCUT2D eigenvalue weighted by molar-refractivity contribution is 9.10. The van der Waals surface area contributed by atoms with Gasteiger partial charge < -0.3 is 15.2 Å². The third-order valence-electron chi connectivity index (χ3n) is 5.41. The van der Waals surface area contributed by atoms with Gasteiger partial charge in [-0.15, -0.1) is 0 Å². The Labute approximate surface area is 178 Å². The molecule has 0 bridgehead atoms. The maximum Gasteiger partial charge on any atom is 0.272 e. The zero-order valence-corrected chi connectivity index (χ0v) is 17.8. The van der Waals surface area contributed by atoms with Crippen molar-refractivity contribution in [3.05, 3.63) is 63.4 Å². The molecule has 2 N–H and O–H groups in total. The molecule has 5 nitrogen and oxygen atoms in total. The van der Waals surface area contributed by atoms with Gasteiger partial charge in [0.05, 0.1) is 0 Å². The van der Waals surface area contributed by atoms with Crippen LogP contribution in [-0.2, 0) is 4.79 Å². The molecule has 29 heavy (non-hydrogen) atoms. The second-order valence-corrected chi connectivity index (χ2v) is 8.38. The molecule has 0 saturated carbocycles. The number of fused-ring (bicyclic) bond motifs is 1. The number of amides is 1. The molecule has 1 aliphatic rings. The molecule has 2 aromatic carbocycles. The first-order valence-electron chi connectivity index (χ1n) is 10.0. The quantitative estimate of drug-likeness (QED) is 0.584. The second kappa shape index (κ2) is 8.93. The Hall–Kier alpha value is -2.44. The van der Waals surface area contributed by atoms with Crippen molar-refractivity contribution in [3.63, 3.8) is 0 Å². The minimum Gasteiger partial charge on any atom is -0.321 e. The van der Waals surface area contributed by atoms with Gasteiger partial charge in [-0.25, -0.2) is 0 Å². The number of pyridine rings is 1. The van der Waals surface area contributed by atoms with E-state index in [-0.39, 0.29) is 11.5 Å². The molecule has 6 heteroatoms. The molecular formula is C23H24BrN3O2. The Morgan fingerprint density at radius 1 is 1.07 bits per heavy atom. The predicted molar refractivity (Wildman–Crippen MR) is 121 cm³/mol. The minimum absolute atomic E-state index is 0.132. The molecular weight excluding hydrogens is 430 g/mol. The van der Waals surface area contributed by atoms with Gasteiger partial charge in [0.15, 0.2) is 0 Å². The Balaban J connectivity index is 1.68. The van der Waals surface area contributed by atoms with Crippen LogP contribution in [0.1, 0.15) is 25.7 Å². The molecule has 1 amide bonds. The number of aromatic nitrogens is 1. The average molecular weight is 454 g/mol. The molecule has 150 valence electrons. The van der Waals surface area contributed by atoms with Gasteiger partial charge in [-0.3, -0.25) is 9.59 Å². The molecule has 1 aliphatic heterocycles. The summed E-state index contributed by atoms with van der Waals surface area (Å²) >= 11 is 3.52. The molecule has 0 aliphatic carbocycles. The summed E-state index contributed by atoms with van der Waals surface area (Å²) in [7, 11) is 0. The SMILES string of the molecule is O=C(CCN1CCCCC1)Nc1c(-c2ccccc2)c2cc(Br)ccc2[nH]c1=O. The number of anilines is 1. The van der Waals surface area contributed by atoms with Crippen LogP contribution in [0.4, 0.5) is 5.69 Å². The first-order valence-corrected chi connectivity index (χ1v) is 10.8. The lowest BCUT2D eigenvalue weighted by atomic mass is 9.99. The number of likely N-dealkylation sites (tertiary alicyclic amines) is 1. The summed E-state index contributed by atoms with van der Waals surface area (Å²) in [6.45, 7) is 2.82. The normalized spacial score (nSPS) is 14.8. The zero-order chi connectivity index (χ0) is 20.2. The van der Waals surface area contributed by atoms with Gasteiger partial charge in [-0.1, -0.05) is 52.7 Å². The van der Waals surface area contributed by atoms with E-state index in [1.165, 1.54) is 19.3 Å². The summed E-state index contributed by atoms with van der Waals surface area (Å²) in [6.07, 6.45) is 4.04. The van der Waals surface area contributed by atoms with E-state index in [2.05, 4.69) is 31.1 Å². The highest BCUT2D eigenvalue weighted by Crippen LogP contribution is 2.33. The summed E-state index contributed by atoms with van der Waals surface area (Å²) in [5, 5.41) is 3.79. The molecule has 0 atom stereocenters. The van der Waals surface area contributed by atoms with E-state index in [4.69, 9.17) is 0 Å². The van der Waals surface area contributed by atoms with Gasteiger partial charge in [0, 0.05) is 33.9 Å². The monoisotopic (exact) mass is 453 g/mol. The van der Waals surface area contributed by atoms with E-state index in [9.17, 15) is 9.59 Å². The van der Waals surface area contributed by atoms with Crippen LogP contribution in [0.25, 0.3) is 22.0 Å². The smallest absolute Gasteiger partial charge is 0.272 e. The largest absolute Gasteiger partial charge is 0.321 e. The Kier molecular flexibility index (Phi) is 6.11. The number of rotatable bonds is 5. The van der Waals surface area contributed by atoms with Gasteiger partial charge in [-0.2, -0.15) is 0 Å². The summed E-state index contributed by atoms with van der Waals surface area (Å²) in [5.41, 5.74) is 2.41. The lowest BCUT2D eigenvalue weighted by Gasteiger charge is -2.26. The van der Waals surface area contributed by atoms with Gasteiger partial charge >= 0.3 is 0 Å². The number of nitrogens with zero attached hydrogens (tertiary/aromatic N) is 1. The number of nitrogens with one attached hydrogen (secondary N) is 2. The van der Waals surface area contributed by atoms with Crippen LogP contribution in [0.15, 0.2) is 57.8 Å². The molecule has 1 saturated heterocycles. The Morgan fingerprint density at radius 3 is 2.59 bits per heavy atom. The van der Waals surface area contributed by atoms with E-state index < -0.39 is 0 Å². The molecule has 1 fully saturated rings. The highest BCUT2D eigenvalue weighted by atomic mass is 79.9. The molecule has 4 rings (SSSR count). The van der Waals surface area contributed by atoms with Crippen LogP contribution < -0.4 is 10.9 Å². The average Bonchev–Trinajstić information content (AvgIpc) is 2.74. The fraction of sp³-hybridized carbons (Fsp3) is 0.304. The third-order valence-corrected chi connectivity index (χ3v) is 5.90. The minimum atomic E-state index is -0.287. The van der Waals surface area contributed by atoms with Crippen molar-refractivity contribution in [3.8, 4) is 11.1 Å². The second-order valence-electron chi connectivity index (χ2n) is 7.46. The fourth-order valence-electron chi connectivity index (χ4n) is 3.93. The van der Waals surface area contributed by atoms with E-state index in [1.807, 2.05) is 48.5 Å². The van der Waals surface area contributed by atoms with Crippen LogP contribution in [0.5, 0.6) is 0 Å². The molecule has 2 heterocycles. The standard InChI is InChI=1S/C23H24BrN3O2/c24-17-9-10-19-18(15-17)21(16-7-3-1-4-8-16)22(23(29)25-19)26-20(28)11-14-27-12-5-2-6-13-27/h1,3-4,7-10,15H,2,5-6,11-14H2,(H,25,29)(H,26,28).